The molecule has 0 aliphatic rings. The maximum absolute atomic E-state index is 5.90. The lowest BCUT2D eigenvalue weighted by Gasteiger charge is -2.05. The van der Waals surface area contributed by atoms with Gasteiger partial charge < -0.3 is 11.5 Å². The Kier molecular flexibility index (Phi) is 2.70. The third-order valence-electron chi connectivity index (χ3n) is 2.46. The summed E-state index contributed by atoms with van der Waals surface area (Å²) in [5, 5.41) is 0. The molecule has 0 bridgehead atoms. The first-order valence-electron chi connectivity index (χ1n) is 4.95. The van der Waals surface area contributed by atoms with Gasteiger partial charge in [-0.3, -0.25) is 0 Å². The van der Waals surface area contributed by atoms with Crippen molar-refractivity contribution in [2.24, 2.45) is 5.73 Å². The largest absolute Gasteiger partial charge is 0.398 e. The first-order valence-corrected chi connectivity index (χ1v) is 4.95. The quantitative estimate of drug-likeness (QED) is 0.728. The molecule has 2 heteroatoms. The van der Waals surface area contributed by atoms with E-state index in [1.807, 2.05) is 48.5 Å². The number of hydrogen-bond donors (Lipinski definition) is 2. The number of nitrogens with two attached hydrogens (primary N) is 2. The number of anilines is 1. The SMILES string of the molecule is NCc1ccc(-c2ccccc2N)cc1. The fourth-order valence-electron chi connectivity index (χ4n) is 1.58. The average Bonchev–Trinajstić information content (AvgIpc) is 2.30. The van der Waals surface area contributed by atoms with Crippen LogP contribution in [0.5, 0.6) is 0 Å². The van der Waals surface area contributed by atoms with Gasteiger partial charge in [0, 0.05) is 17.8 Å². The summed E-state index contributed by atoms with van der Waals surface area (Å²) in [6.45, 7) is 0.574. The van der Waals surface area contributed by atoms with Crippen molar-refractivity contribution in [2.45, 2.75) is 6.54 Å². The van der Waals surface area contributed by atoms with Crippen molar-refractivity contribution in [1.29, 1.82) is 0 Å². The molecule has 0 aromatic heterocycles. The lowest BCUT2D eigenvalue weighted by atomic mass is 10.0. The monoisotopic (exact) mass is 198 g/mol. The van der Waals surface area contributed by atoms with Gasteiger partial charge in [0.15, 0.2) is 0 Å². The average molecular weight is 198 g/mol. The van der Waals surface area contributed by atoms with Crippen LogP contribution in [0.25, 0.3) is 11.1 Å². The Hall–Kier alpha value is -1.80. The molecule has 0 amide bonds. The second kappa shape index (κ2) is 4.15. The molecule has 0 heterocycles. The number of para-hydroxylation sites is 1. The van der Waals surface area contributed by atoms with Crippen LogP contribution in [0.3, 0.4) is 0 Å². The second-order valence-corrected chi connectivity index (χ2v) is 3.49. The predicted molar refractivity (Wildman–Crippen MR) is 64.2 cm³/mol. The molecule has 2 rings (SSSR count). The Bertz CT molecular complexity index is 446. The van der Waals surface area contributed by atoms with E-state index in [-0.39, 0.29) is 0 Å². The van der Waals surface area contributed by atoms with Crippen LogP contribution in [-0.2, 0) is 6.54 Å². The third-order valence-corrected chi connectivity index (χ3v) is 2.46. The second-order valence-electron chi connectivity index (χ2n) is 3.49. The van der Waals surface area contributed by atoms with Crippen molar-refractivity contribution in [2.75, 3.05) is 5.73 Å². The number of nitrogen functional groups attached to an aromatic ring is 1. The molecule has 2 aromatic rings. The summed E-state index contributed by atoms with van der Waals surface area (Å²) in [7, 11) is 0. The topological polar surface area (TPSA) is 52.0 Å². The highest BCUT2D eigenvalue weighted by molar-refractivity contribution is 5.76. The fraction of sp³-hybridized carbons (Fsp3) is 0.0769. The van der Waals surface area contributed by atoms with Gasteiger partial charge in [-0.25, -0.2) is 0 Å². The van der Waals surface area contributed by atoms with Gasteiger partial charge in [-0.2, -0.15) is 0 Å². The molecule has 4 N–H and O–H groups in total. The van der Waals surface area contributed by atoms with E-state index < -0.39 is 0 Å². The van der Waals surface area contributed by atoms with E-state index in [1.54, 1.807) is 0 Å². The van der Waals surface area contributed by atoms with Crippen LogP contribution in [-0.4, -0.2) is 0 Å². The number of hydrogen-bond acceptors (Lipinski definition) is 2. The molecule has 2 aromatic carbocycles. The Morgan fingerprint density at radius 2 is 1.53 bits per heavy atom. The zero-order valence-electron chi connectivity index (χ0n) is 8.48. The minimum Gasteiger partial charge on any atom is -0.398 e. The highest BCUT2D eigenvalue weighted by Crippen LogP contribution is 2.25. The summed E-state index contributed by atoms with van der Waals surface area (Å²) in [5.41, 5.74) is 15.6. The molecule has 76 valence electrons. The lowest BCUT2D eigenvalue weighted by Crippen LogP contribution is -1.95. The van der Waals surface area contributed by atoms with Crippen molar-refractivity contribution in [3.05, 3.63) is 54.1 Å². The van der Waals surface area contributed by atoms with E-state index in [1.165, 1.54) is 0 Å². The molecular weight excluding hydrogens is 184 g/mol. The van der Waals surface area contributed by atoms with E-state index in [4.69, 9.17) is 11.5 Å². The first kappa shape index (κ1) is 9.74. The first-order chi connectivity index (χ1) is 7.31. The van der Waals surface area contributed by atoms with Gasteiger partial charge in [-0.15, -0.1) is 0 Å². The molecule has 0 spiro atoms. The van der Waals surface area contributed by atoms with Crippen LogP contribution >= 0.6 is 0 Å². The molecular formula is C13H14N2. The molecule has 15 heavy (non-hydrogen) atoms. The van der Waals surface area contributed by atoms with E-state index in [0.717, 1.165) is 22.4 Å². The minimum atomic E-state index is 0.574. The van der Waals surface area contributed by atoms with E-state index in [9.17, 15) is 0 Å². The van der Waals surface area contributed by atoms with Crippen molar-refractivity contribution < 1.29 is 0 Å². The van der Waals surface area contributed by atoms with Crippen LogP contribution in [0, 0.1) is 0 Å². The molecule has 0 atom stereocenters. The molecule has 2 nitrogen and oxygen atoms in total. The molecule has 0 saturated carbocycles. The Morgan fingerprint density at radius 3 is 2.13 bits per heavy atom. The van der Waals surface area contributed by atoms with Gasteiger partial charge in [-0.1, -0.05) is 42.5 Å². The molecule has 0 fully saturated rings. The van der Waals surface area contributed by atoms with Crippen LogP contribution < -0.4 is 11.5 Å². The summed E-state index contributed by atoms with van der Waals surface area (Å²) in [4.78, 5) is 0. The molecule has 0 aliphatic carbocycles. The van der Waals surface area contributed by atoms with Gasteiger partial charge in [0.1, 0.15) is 0 Å². The maximum Gasteiger partial charge on any atom is 0.0393 e. The van der Waals surface area contributed by atoms with Gasteiger partial charge >= 0.3 is 0 Å². The Balaban J connectivity index is 2.42. The Morgan fingerprint density at radius 1 is 0.867 bits per heavy atom. The van der Waals surface area contributed by atoms with Crippen molar-refractivity contribution >= 4 is 5.69 Å². The highest BCUT2D eigenvalue weighted by Gasteiger charge is 2.00. The summed E-state index contributed by atoms with van der Waals surface area (Å²) >= 11 is 0. The van der Waals surface area contributed by atoms with Crippen molar-refractivity contribution in [3.63, 3.8) is 0 Å². The molecule has 0 aliphatic heterocycles. The fourth-order valence-corrected chi connectivity index (χ4v) is 1.58. The summed E-state index contributed by atoms with van der Waals surface area (Å²) in [6.07, 6.45) is 0. The number of rotatable bonds is 2. The van der Waals surface area contributed by atoms with Gasteiger partial charge in [0.05, 0.1) is 0 Å². The van der Waals surface area contributed by atoms with Gasteiger partial charge in [-0.05, 0) is 17.2 Å². The van der Waals surface area contributed by atoms with Crippen molar-refractivity contribution in [3.8, 4) is 11.1 Å². The maximum atomic E-state index is 5.90. The summed E-state index contributed by atoms with van der Waals surface area (Å²) < 4.78 is 0. The van der Waals surface area contributed by atoms with Gasteiger partial charge in [0.2, 0.25) is 0 Å². The number of benzene rings is 2. The standard InChI is InChI=1S/C13H14N2/c14-9-10-5-7-11(8-6-10)12-3-1-2-4-13(12)15/h1-8H,9,14-15H2. The zero-order chi connectivity index (χ0) is 10.7. The van der Waals surface area contributed by atoms with Crippen LogP contribution in [0.4, 0.5) is 5.69 Å². The van der Waals surface area contributed by atoms with E-state index in [2.05, 4.69) is 0 Å². The van der Waals surface area contributed by atoms with Gasteiger partial charge in [0.25, 0.3) is 0 Å². The summed E-state index contributed by atoms with van der Waals surface area (Å²) in [5.74, 6) is 0. The van der Waals surface area contributed by atoms with Crippen LogP contribution in [0.15, 0.2) is 48.5 Å². The molecule has 0 unspecified atom stereocenters. The molecule has 0 saturated heterocycles. The normalized spacial score (nSPS) is 10.2. The predicted octanol–water partition coefficient (Wildman–Crippen LogP) is 2.39. The smallest absolute Gasteiger partial charge is 0.0393 e. The lowest BCUT2D eigenvalue weighted by molar-refractivity contribution is 1.07. The third kappa shape index (κ3) is 2.00. The van der Waals surface area contributed by atoms with Crippen LogP contribution in [0.2, 0.25) is 0 Å². The van der Waals surface area contributed by atoms with Crippen LogP contribution in [0.1, 0.15) is 5.56 Å². The van der Waals surface area contributed by atoms with Crippen molar-refractivity contribution in [1.82, 2.24) is 0 Å². The highest BCUT2D eigenvalue weighted by atomic mass is 14.6. The van der Waals surface area contributed by atoms with E-state index in [0.29, 0.717) is 6.54 Å². The summed E-state index contributed by atoms with van der Waals surface area (Å²) in [6, 6.07) is 16.0. The Labute approximate surface area is 89.5 Å². The molecule has 0 radical (unpaired) electrons. The zero-order valence-corrected chi connectivity index (χ0v) is 8.48. The minimum absolute atomic E-state index is 0.574. The van der Waals surface area contributed by atoms with E-state index >= 15 is 0 Å².